The quantitative estimate of drug-likeness (QED) is 0.313. The fourth-order valence-corrected chi connectivity index (χ4v) is 8.45. The van der Waals surface area contributed by atoms with Crippen LogP contribution in [0.4, 0.5) is 5.13 Å². The van der Waals surface area contributed by atoms with E-state index >= 15 is 0 Å². The van der Waals surface area contributed by atoms with E-state index in [1.165, 1.54) is 33.8 Å². The van der Waals surface area contributed by atoms with Gasteiger partial charge >= 0.3 is 0 Å². The molecule has 0 bridgehead atoms. The Morgan fingerprint density at radius 2 is 1.60 bits per heavy atom. The summed E-state index contributed by atoms with van der Waals surface area (Å²) < 4.78 is 53.4. The van der Waals surface area contributed by atoms with Crippen LogP contribution in [0.15, 0.2) is 52.3 Å². The molecule has 0 N–H and O–H groups in total. The molecule has 0 aliphatic heterocycles. The van der Waals surface area contributed by atoms with Gasteiger partial charge in [-0.05, 0) is 62.3 Å². The summed E-state index contributed by atoms with van der Waals surface area (Å²) >= 11 is 1.26. The van der Waals surface area contributed by atoms with Gasteiger partial charge in [-0.2, -0.15) is 4.31 Å². The Morgan fingerprint density at radius 3 is 2.20 bits per heavy atom. The second-order valence-corrected chi connectivity index (χ2v) is 15.2. The summed E-state index contributed by atoms with van der Waals surface area (Å²) in [7, 11) is -5.56. The SMILES string of the molecule is CCN(CC)CCN(C(=O)c1ccc(S(=O)(=O)N(C)C2CCCCC2)cc1)c1nc2c(S(C)(=O)=O)cccc2s1. The Labute approximate surface area is 241 Å². The molecule has 0 atom stereocenters. The summed E-state index contributed by atoms with van der Waals surface area (Å²) in [6.07, 6.45) is 6.05. The second-order valence-electron chi connectivity index (χ2n) is 10.2. The van der Waals surface area contributed by atoms with Crippen LogP contribution in [0.5, 0.6) is 0 Å². The smallest absolute Gasteiger partial charge is 0.260 e. The van der Waals surface area contributed by atoms with Gasteiger partial charge in [0.15, 0.2) is 15.0 Å². The second kappa shape index (κ2) is 12.6. The number of benzene rings is 2. The number of aromatic nitrogens is 1. The number of anilines is 1. The Bertz CT molecular complexity index is 1540. The molecule has 4 rings (SSSR count). The number of sulfonamides is 1. The number of hydrogen-bond donors (Lipinski definition) is 0. The van der Waals surface area contributed by atoms with Crippen LogP contribution in [0.1, 0.15) is 56.3 Å². The van der Waals surface area contributed by atoms with Gasteiger partial charge in [-0.15, -0.1) is 0 Å². The molecule has 0 spiro atoms. The number of carbonyl (C=O) groups is 1. The summed E-state index contributed by atoms with van der Waals surface area (Å²) in [6, 6.07) is 11.0. The highest BCUT2D eigenvalue weighted by Gasteiger charge is 2.30. The molecular weight excluding hydrogens is 569 g/mol. The van der Waals surface area contributed by atoms with Crippen molar-refractivity contribution in [1.29, 1.82) is 0 Å². The van der Waals surface area contributed by atoms with E-state index in [9.17, 15) is 21.6 Å². The summed E-state index contributed by atoms with van der Waals surface area (Å²) in [5.74, 6) is -0.322. The lowest BCUT2D eigenvalue weighted by Gasteiger charge is -2.30. The molecule has 0 saturated heterocycles. The van der Waals surface area contributed by atoms with Crippen LogP contribution in [0.3, 0.4) is 0 Å². The number of thiazole rings is 1. The van der Waals surface area contributed by atoms with E-state index in [-0.39, 0.29) is 21.7 Å². The van der Waals surface area contributed by atoms with Gasteiger partial charge in [0.1, 0.15) is 5.52 Å². The standard InChI is InChI=1S/C28H38N4O5S3/c1-5-31(6-2)19-20-32(28-29-26-24(38-28)13-10-14-25(26)39(4,34)35)27(33)21-15-17-23(18-16-21)40(36,37)30(3)22-11-8-7-9-12-22/h10,13-18,22H,5-9,11-12,19-20H2,1-4H3. The molecule has 1 fully saturated rings. The Kier molecular flexibility index (Phi) is 9.66. The van der Waals surface area contributed by atoms with E-state index in [0.29, 0.717) is 34.0 Å². The predicted molar refractivity (Wildman–Crippen MR) is 160 cm³/mol. The van der Waals surface area contributed by atoms with E-state index in [1.54, 1.807) is 36.2 Å². The molecule has 40 heavy (non-hydrogen) atoms. The number of rotatable bonds is 11. The molecule has 1 aromatic heterocycles. The summed E-state index contributed by atoms with van der Waals surface area (Å²) in [5, 5.41) is 0.400. The molecule has 1 heterocycles. The van der Waals surface area contributed by atoms with Crippen LogP contribution >= 0.6 is 11.3 Å². The van der Waals surface area contributed by atoms with Gasteiger partial charge in [0, 0.05) is 38.0 Å². The predicted octanol–water partition coefficient (Wildman–Crippen LogP) is 4.64. The Balaban J connectivity index is 1.66. The lowest BCUT2D eigenvalue weighted by atomic mass is 9.96. The molecule has 12 heteroatoms. The normalized spacial score (nSPS) is 15.2. The minimum absolute atomic E-state index is 0.00788. The zero-order valence-corrected chi connectivity index (χ0v) is 26.0. The van der Waals surface area contributed by atoms with Gasteiger partial charge in [0.2, 0.25) is 10.0 Å². The van der Waals surface area contributed by atoms with E-state index in [4.69, 9.17) is 0 Å². The van der Waals surface area contributed by atoms with Crippen LogP contribution in [0.25, 0.3) is 10.2 Å². The number of amides is 1. The maximum atomic E-state index is 13.8. The molecular formula is C28H38N4O5S3. The molecule has 1 saturated carbocycles. The highest BCUT2D eigenvalue weighted by Crippen LogP contribution is 2.33. The van der Waals surface area contributed by atoms with Gasteiger partial charge < -0.3 is 4.90 Å². The zero-order valence-electron chi connectivity index (χ0n) is 23.5. The highest BCUT2D eigenvalue weighted by molar-refractivity contribution is 7.91. The number of para-hydroxylation sites is 1. The largest absolute Gasteiger partial charge is 0.302 e. The molecule has 1 aliphatic carbocycles. The third kappa shape index (κ3) is 6.57. The van der Waals surface area contributed by atoms with Gasteiger partial charge in [0.05, 0.1) is 14.5 Å². The van der Waals surface area contributed by atoms with Gasteiger partial charge in [-0.1, -0.05) is 50.5 Å². The minimum atomic E-state index is -3.68. The molecule has 0 unspecified atom stereocenters. The average molecular weight is 607 g/mol. The maximum absolute atomic E-state index is 13.8. The van der Waals surface area contributed by atoms with Crippen molar-refractivity contribution in [3.8, 4) is 0 Å². The van der Waals surface area contributed by atoms with Crippen molar-refractivity contribution >= 4 is 52.5 Å². The Hall–Kier alpha value is -2.38. The van der Waals surface area contributed by atoms with Crippen LogP contribution < -0.4 is 4.90 Å². The minimum Gasteiger partial charge on any atom is -0.302 e. The first-order valence-corrected chi connectivity index (χ1v) is 17.8. The first-order chi connectivity index (χ1) is 19.0. The van der Waals surface area contributed by atoms with E-state index in [2.05, 4.69) is 23.7 Å². The topological polar surface area (TPSA) is 108 Å². The van der Waals surface area contributed by atoms with Gasteiger partial charge in [0.25, 0.3) is 5.91 Å². The van der Waals surface area contributed by atoms with Crippen molar-refractivity contribution in [2.24, 2.45) is 0 Å². The molecule has 218 valence electrons. The molecule has 9 nitrogen and oxygen atoms in total. The fourth-order valence-electron chi connectivity index (χ4n) is 5.12. The third-order valence-electron chi connectivity index (χ3n) is 7.65. The van der Waals surface area contributed by atoms with Crippen LogP contribution in [0, 0.1) is 0 Å². The number of nitrogens with zero attached hydrogens (tertiary/aromatic N) is 4. The highest BCUT2D eigenvalue weighted by atomic mass is 32.2. The van der Waals surface area contributed by atoms with E-state index < -0.39 is 19.9 Å². The zero-order chi connectivity index (χ0) is 29.1. The van der Waals surface area contributed by atoms with E-state index in [0.717, 1.165) is 51.4 Å². The van der Waals surface area contributed by atoms with Crippen molar-refractivity contribution in [1.82, 2.24) is 14.2 Å². The molecule has 1 aliphatic rings. The van der Waals surface area contributed by atoms with Crippen LogP contribution in [-0.4, -0.2) is 82.5 Å². The molecule has 3 aromatic rings. The average Bonchev–Trinajstić information content (AvgIpc) is 3.38. The number of hydrogen-bond acceptors (Lipinski definition) is 8. The first-order valence-electron chi connectivity index (χ1n) is 13.7. The Morgan fingerprint density at radius 1 is 0.950 bits per heavy atom. The number of likely N-dealkylation sites (N-methyl/N-ethyl adjacent to an activating group) is 1. The monoisotopic (exact) mass is 606 g/mol. The van der Waals surface area contributed by atoms with Gasteiger partial charge in [-0.25, -0.2) is 21.8 Å². The molecule has 0 radical (unpaired) electrons. The fraction of sp³-hybridized carbons (Fsp3) is 0.500. The van der Waals surface area contributed by atoms with Crippen molar-refractivity contribution < 1.29 is 21.6 Å². The van der Waals surface area contributed by atoms with Crippen molar-refractivity contribution in [3.05, 3.63) is 48.0 Å². The molecule has 2 aromatic carbocycles. The summed E-state index contributed by atoms with van der Waals surface area (Å²) in [5.41, 5.74) is 0.680. The lowest BCUT2D eigenvalue weighted by molar-refractivity contribution is 0.0983. The van der Waals surface area contributed by atoms with Gasteiger partial charge in [-0.3, -0.25) is 9.69 Å². The molecule has 1 amide bonds. The van der Waals surface area contributed by atoms with Crippen LogP contribution in [-0.2, 0) is 19.9 Å². The third-order valence-corrected chi connectivity index (χ3v) is 11.7. The van der Waals surface area contributed by atoms with Crippen molar-refractivity contribution in [2.75, 3.05) is 44.4 Å². The van der Waals surface area contributed by atoms with Crippen LogP contribution in [0.2, 0.25) is 0 Å². The summed E-state index contributed by atoms with van der Waals surface area (Å²) in [6.45, 7) is 6.69. The van der Waals surface area contributed by atoms with E-state index in [1.807, 2.05) is 0 Å². The number of fused-ring (bicyclic) bond motifs is 1. The lowest BCUT2D eigenvalue weighted by Crippen LogP contribution is -2.39. The number of sulfone groups is 1. The first kappa shape index (κ1) is 30.6. The number of carbonyl (C=O) groups excluding carboxylic acids is 1. The van der Waals surface area contributed by atoms with Crippen molar-refractivity contribution in [3.63, 3.8) is 0 Å². The summed E-state index contributed by atoms with van der Waals surface area (Å²) in [4.78, 5) is 22.5. The van der Waals surface area contributed by atoms with Crippen molar-refractivity contribution in [2.45, 2.75) is 61.8 Å². The maximum Gasteiger partial charge on any atom is 0.260 e.